The molecule has 0 amide bonds. The molecule has 1 saturated heterocycles. The molecular formula is C25H21N3O2S. The van der Waals surface area contributed by atoms with Gasteiger partial charge in [0.2, 0.25) is 0 Å². The van der Waals surface area contributed by atoms with E-state index in [0.717, 1.165) is 11.2 Å². The molecule has 6 heteroatoms. The Morgan fingerprint density at radius 1 is 0.839 bits per heavy atom. The van der Waals surface area contributed by atoms with E-state index < -0.39 is 11.2 Å². The van der Waals surface area contributed by atoms with Crippen molar-refractivity contribution in [3.05, 3.63) is 54.0 Å². The highest BCUT2D eigenvalue weighted by molar-refractivity contribution is 7.18. The molecule has 0 bridgehead atoms. The molecule has 1 aliphatic rings. The Kier molecular flexibility index (Phi) is 3.12. The van der Waals surface area contributed by atoms with Crippen molar-refractivity contribution < 1.29 is 9.68 Å². The van der Waals surface area contributed by atoms with Crippen LogP contribution in [0.4, 0.5) is 5.69 Å². The SMILES string of the molecule is CC1(C)ON(c2ccc3c(c2)c2c4scnc4cc4c5ccccc5n3c42)OC1(C)C. The van der Waals surface area contributed by atoms with E-state index in [-0.39, 0.29) is 0 Å². The molecule has 154 valence electrons. The van der Waals surface area contributed by atoms with Gasteiger partial charge >= 0.3 is 0 Å². The van der Waals surface area contributed by atoms with E-state index in [1.807, 2.05) is 5.51 Å². The highest BCUT2D eigenvalue weighted by Crippen LogP contribution is 2.46. The summed E-state index contributed by atoms with van der Waals surface area (Å²) >= 11 is 1.70. The second-order valence-corrected chi connectivity index (χ2v) is 10.2. The van der Waals surface area contributed by atoms with Crippen LogP contribution in [0.15, 0.2) is 54.0 Å². The van der Waals surface area contributed by atoms with E-state index in [2.05, 4.69) is 85.6 Å². The van der Waals surface area contributed by atoms with E-state index >= 15 is 0 Å². The molecule has 1 fully saturated rings. The number of nitrogens with zero attached hydrogens (tertiary/aromatic N) is 3. The average Bonchev–Trinajstić information content (AvgIpc) is 3.45. The molecule has 31 heavy (non-hydrogen) atoms. The molecule has 4 heterocycles. The number of hydrogen-bond donors (Lipinski definition) is 0. The third-order valence-electron chi connectivity index (χ3n) is 7.03. The Morgan fingerprint density at radius 2 is 1.58 bits per heavy atom. The molecule has 0 radical (unpaired) electrons. The minimum Gasteiger partial charge on any atom is -0.308 e. The van der Waals surface area contributed by atoms with Gasteiger partial charge in [-0.25, -0.2) is 14.7 Å². The van der Waals surface area contributed by atoms with Crippen LogP contribution in [0.2, 0.25) is 0 Å². The first-order valence-corrected chi connectivity index (χ1v) is 11.4. The van der Waals surface area contributed by atoms with Gasteiger partial charge in [0.1, 0.15) is 11.2 Å². The van der Waals surface area contributed by atoms with E-state index in [9.17, 15) is 0 Å². The highest BCUT2D eigenvalue weighted by atomic mass is 32.1. The first kappa shape index (κ1) is 17.7. The van der Waals surface area contributed by atoms with Crippen molar-refractivity contribution >= 4 is 65.3 Å². The average molecular weight is 428 g/mol. The molecule has 0 N–H and O–H groups in total. The second-order valence-electron chi connectivity index (χ2n) is 9.36. The first-order valence-electron chi connectivity index (χ1n) is 10.5. The summed E-state index contributed by atoms with van der Waals surface area (Å²) in [5, 5.41) is 6.53. The molecule has 0 saturated carbocycles. The summed E-state index contributed by atoms with van der Waals surface area (Å²) in [5.74, 6) is 0. The third kappa shape index (κ3) is 2.10. The number of fused-ring (bicyclic) bond motifs is 8. The Balaban J connectivity index is 1.60. The van der Waals surface area contributed by atoms with Crippen molar-refractivity contribution in [2.24, 2.45) is 0 Å². The number of thiazole rings is 1. The summed E-state index contributed by atoms with van der Waals surface area (Å²) < 4.78 is 3.61. The number of rotatable bonds is 1. The van der Waals surface area contributed by atoms with Crippen molar-refractivity contribution in [3.63, 3.8) is 0 Å². The fourth-order valence-electron chi connectivity index (χ4n) is 4.74. The van der Waals surface area contributed by atoms with Crippen LogP contribution in [0.3, 0.4) is 0 Å². The zero-order valence-corrected chi connectivity index (χ0v) is 18.6. The lowest BCUT2D eigenvalue weighted by molar-refractivity contribution is -0.0272. The number of para-hydroxylation sites is 1. The normalized spacial score (nSPS) is 18.5. The van der Waals surface area contributed by atoms with Crippen molar-refractivity contribution in [1.29, 1.82) is 0 Å². The molecule has 0 unspecified atom stereocenters. The van der Waals surface area contributed by atoms with Crippen molar-refractivity contribution in [1.82, 2.24) is 9.38 Å². The zero-order chi connectivity index (χ0) is 21.1. The van der Waals surface area contributed by atoms with Crippen LogP contribution in [0.1, 0.15) is 27.7 Å². The summed E-state index contributed by atoms with van der Waals surface area (Å²) in [6.07, 6.45) is 0. The Labute approximate surface area is 182 Å². The summed E-state index contributed by atoms with van der Waals surface area (Å²) in [6.45, 7) is 8.22. The lowest BCUT2D eigenvalue weighted by atomic mass is 9.90. The maximum Gasteiger partial charge on any atom is 0.124 e. The fraction of sp³-hybridized carbons (Fsp3) is 0.240. The maximum atomic E-state index is 6.18. The largest absolute Gasteiger partial charge is 0.308 e. The Bertz CT molecular complexity index is 1640. The Hall–Kier alpha value is -2.93. The minimum atomic E-state index is -0.432. The predicted molar refractivity (Wildman–Crippen MR) is 127 cm³/mol. The molecule has 0 aliphatic carbocycles. The van der Waals surface area contributed by atoms with Gasteiger partial charge in [0.05, 0.1) is 38.0 Å². The van der Waals surface area contributed by atoms with Crippen LogP contribution < -0.4 is 5.23 Å². The standard InChI is InChI=1S/C25H21N3O2S/c1-24(2)25(3,4)30-28(29-24)14-9-10-20-17(11-14)21-22-16(12-18-23(21)31-13-26-18)15-7-5-6-8-19(15)27(20)22/h5-13H,1-4H3. The van der Waals surface area contributed by atoms with E-state index in [0.29, 0.717) is 0 Å². The fourth-order valence-corrected chi connectivity index (χ4v) is 5.57. The van der Waals surface area contributed by atoms with Gasteiger partial charge in [-0.3, -0.25) is 0 Å². The Morgan fingerprint density at radius 3 is 2.39 bits per heavy atom. The van der Waals surface area contributed by atoms with Crippen LogP contribution >= 0.6 is 11.3 Å². The number of aromatic nitrogens is 2. The smallest absolute Gasteiger partial charge is 0.124 e. The van der Waals surface area contributed by atoms with Gasteiger partial charge in [0, 0.05) is 21.5 Å². The van der Waals surface area contributed by atoms with Crippen molar-refractivity contribution in [3.8, 4) is 0 Å². The van der Waals surface area contributed by atoms with Gasteiger partial charge in [-0.2, -0.15) is 0 Å². The third-order valence-corrected chi connectivity index (χ3v) is 7.89. The zero-order valence-electron chi connectivity index (χ0n) is 17.8. The molecular weight excluding hydrogens is 406 g/mol. The molecule has 1 aliphatic heterocycles. The summed E-state index contributed by atoms with van der Waals surface area (Å²) in [4.78, 5) is 17.0. The van der Waals surface area contributed by atoms with Gasteiger partial charge in [-0.05, 0) is 58.0 Å². The van der Waals surface area contributed by atoms with Crippen LogP contribution in [-0.2, 0) is 9.68 Å². The quantitative estimate of drug-likeness (QED) is 0.293. The summed E-state index contributed by atoms with van der Waals surface area (Å²) in [5.41, 5.74) is 6.67. The van der Waals surface area contributed by atoms with E-state index in [4.69, 9.17) is 9.68 Å². The monoisotopic (exact) mass is 427 g/mol. The van der Waals surface area contributed by atoms with Crippen LogP contribution in [-0.4, -0.2) is 20.6 Å². The van der Waals surface area contributed by atoms with Gasteiger partial charge in [0.15, 0.2) is 0 Å². The highest BCUT2D eigenvalue weighted by Gasteiger charge is 2.50. The summed E-state index contributed by atoms with van der Waals surface area (Å²) in [6, 6.07) is 17.3. The lowest BCUT2D eigenvalue weighted by Gasteiger charge is -2.26. The van der Waals surface area contributed by atoms with Crippen molar-refractivity contribution in [2.45, 2.75) is 38.9 Å². The van der Waals surface area contributed by atoms with Crippen molar-refractivity contribution in [2.75, 3.05) is 5.23 Å². The molecule has 5 nitrogen and oxygen atoms in total. The molecule has 3 aromatic carbocycles. The van der Waals surface area contributed by atoms with Gasteiger partial charge in [0.25, 0.3) is 0 Å². The first-order chi connectivity index (χ1) is 14.9. The van der Waals surface area contributed by atoms with Crippen LogP contribution in [0.25, 0.3) is 48.3 Å². The number of benzene rings is 3. The topological polar surface area (TPSA) is 39.0 Å². The van der Waals surface area contributed by atoms with Gasteiger partial charge in [-0.15, -0.1) is 16.6 Å². The van der Waals surface area contributed by atoms with E-state index in [1.165, 1.54) is 42.8 Å². The van der Waals surface area contributed by atoms with Crippen LogP contribution in [0.5, 0.6) is 0 Å². The van der Waals surface area contributed by atoms with Gasteiger partial charge < -0.3 is 4.40 Å². The van der Waals surface area contributed by atoms with Crippen LogP contribution in [0, 0.1) is 0 Å². The molecule has 6 aromatic rings. The van der Waals surface area contributed by atoms with Gasteiger partial charge in [-0.1, -0.05) is 18.2 Å². The number of anilines is 1. The second kappa shape index (κ2) is 5.46. The lowest BCUT2D eigenvalue weighted by Crippen LogP contribution is -2.41. The minimum absolute atomic E-state index is 0.432. The maximum absolute atomic E-state index is 6.18. The predicted octanol–water partition coefficient (Wildman–Crippen LogP) is 6.69. The number of hydrogen-bond acceptors (Lipinski definition) is 5. The van der Waals surface area contributed by atoms with E-state index in [1.54, 1.807) is 16.6 Å². The molecule has 7 rings (SSSR count). The summed E-state index contributed by atoms with van der Waals surface area (Å²) in [7, 11) is 0. The molecule has 0 spiro atoms. The molecule has 3 aromatic heterocycles. The molecule has 0 atom stereocenters.